The SMILES string of the molecule is COc1cc(-c2cccc(-c3cccc(NC(=O)c4c[nH]c(=O)n(C)c4=O)c3C)c2C)cc(F)c1CN1CC2(CC(=O)NC2=O)C1. The van der Waals surface area contributed by atoms with Crippen LogP contribution in [0.3, 0.4) is 0 Å². The van der Waals surface area contributed by atoms with Crippen molar-refractivity contribution in [1.82, 2.24) is 19.8 Å². The Kier molecular flexibility index (Phi) is 7.69. The number of carbonyl (C=O) groups is 3. The summed E-state index contributed by atoms with van der Waals surface area (Å²) < 4.78 is 22.1. The van der Waals surface area contributed by atoms with Crippen LogP contribution >= 0.6 is 0 Å². The van der Waals surface area contributed by atoms with Gasteiger partial charge in [-0.2, -0.15) is 0 Å². The van der Waals surface area contributed by atoms with Crippen LogP contribution in [0.15, 0.2) is 64.3 Å². The quantitative estimate of drug-likeness (QED) is 0.268. The fourth-order valence-corrected chi connectivity index (χ4v) is 6.41. The maximum atomic E-state index is 15.7. The van der Waals surface area contributed by atoms with E-state index in [-0.39, 0.29) is 30.3 Å². The van der Waals surface area contributed by atoms with Gasteiger partial charge < -0.3 is 15.0 Å². The lowest BCUT2D eigenvalue weighted by atomic mass is 9.78. The lowest BCUT2D eigenvalue weighted by molar-refractivity contribution is -0.137. The van der Waals surface area contributed by atoms with Crippen molar-refractivity contribution in [2.75, 3.05) is 25.5 Å². The molecular formula is C34H32FN5O6. The number of aromatic amines is 1. The zero-order valence-corrected chi connectivity index (χ0v) is 25.7. The van der Waals surface area contributed by atoms with E-state index in [1.54, 1.807) is 18.2 Å². The lowest BCUT2D eigenvalue weighted by Gasteiger charge is -2.45. The van der Waals surface area contributed by atoms with E-state index in [1.807, 2.05) is 43.0 Å². The monoisotopic (exact) mass is 625 g/mol. The van der Waals surface area contributed by atoms with Crippen LogP contribution < -0.4 is 26.6 Å². The molecule has 0 unspecified atom stereocenters. The number of nitrogens with one attached hydrogen (secondary N) is 3. The number of likely N-dealkylation sites (tertiary alicyclic amines) is 1. The maximum absolute atomic E-state index is 15.7. The molecule has 12 heteroatoms. The lowest BCUT2D eigenvalue weighted by Crippen LogP contribution is -2.59. The highest BCUT2D eigenvalue weighted by Crippen LogP contribution is 2.41. The van der Waals surface area contributed by atoms with Gasteiger partial charge in [-0.05, 0) is 65.4 Å². The molecule has 11 nitrogen and oxygen atoms in total. The van der Waals surface area contributed by atoms with Crippen molar-refractivity contribution in [3.05, 3.63) is 104 Å². The van der Waals surface area contributed by atoms with Gasteiger partial charge in [0, 0.05) is 50.6 Å². The number of nitrogens with zero attached hydrogens (tertiary/aromatic N) is 2. The molecule has 236 valence electrons. The van der Waals surface area contributed by atoms with Gasteiger partial charge in [-0.15, -0.1) is 0 Å². The zero-order valence-electron chi connectivity index (χ0n) is 25.7. The van der Waals surface area contributed by atoms with E-state index in [0.717, 1.165) is 38.6 Å². The summed E-state index contributed by atoms with van der Waals surface area (Å²) in [5.41, 5.74) is 3.34. The number of hydrogen-bond donors (Lipinski definition) is 3. The van der Waals surface area contributed by atoms with Gasteiger partial charge in [0.15, 0.2) is 0 Å². The summed E-state index contributed by atoms with van der Waals surface area (Å²) in [5.74, 6) is -1.27. The Hall–Kier alpha value is -5.36. The Labute approximate surface area is 263 Å². The number of aromatic nitrogens is 2. The second-order valence-corrected chi connectivity index (χ2v) is 11.9. The third kappa shape index (κ3) is 5.20. The number of rotatable bonds is 7. The van der Waals surface area contributed by atoms with Crippen LogP contribution in [0.4, 0.5) is 10.1 Å². The average Bonchev–Trinajstić information content (AvgIpc) is 3.31. The molecule has 2 aliphatic heterocycles. The van der Waals surface area contributed by atoms with Gasteiger partial charge in [-0.25, -0.2) is 9.18 Å². The van der Waals surface area contributed by atoms with Crippen molar-refractivity contribution < 1.29 is 23.5 Å². The zero-order chi connectivity index (χ0) is 32.9. The third-order valence-electron chi connectivity index (χ3n) is 8.98. The molecule has 2 saturated heterocycles. The third-order valence-corrected chi connectivity index (χ3v) is 8.98. The van der Waals surface area contributed by atoms with Gasteiger partial charge in [-0.3, -0.25) is 34.0 Å². The molecule has 4 aromatic rings. The predicted octanol–water partition coefficient (Wildman–Crippen LogP) is 3.27. The van der Waals surface area contributed by atoms with Crippen LogP contribution in [-0.4, -0.2) is 52.4 Å². The molecular weight excluding hydrogens is 593 g/mol. The molecule has 46 heavy (non-hydrogen) atoms. The van der Waals surface area contributed by atoms with Crippen LogP contribution in [-0.2, 0) is 23.2 Å². The number of ether oxygens (including phenoxy) is 1. The molecule has 0 radical (unpaired) electrons. The van der Waals surface area contributed by atoms with Crippen molar-refractivity contribution in [1.29, 1.82) is 0 Å². The van der Waals surface area contributed by atoms with Crippen molar-refractivity contribution in [2.24, 2.45) is 12.5 Å². The molecule has 3 aromatic carbocycles. The van der Waals surface area contributed by atoms with Crippen molar-refractivity contribution in [2.45, 2.75) is 26.8 Å². The summed E-state index contributed by atoms with van der Waals surface area (Å²) in [6.07, 6.45) is 1.25. The van der Waals surface area contributed by atoms with Gasteiger partial charge in [0.2, 0.25) is 11.8 Å². The Bertz CT molecular complexity index is 2060. The van der Waals surface area contributed by atoms with Crippen molar-refractivity contribution >= 4 is 23.4 Å². The molecule has 6 rings (SSSR count). The topological polar surface area (TPSA) is 143 Å². The smallest absolute Gasteiger partial charge is 0.328 e. The van der Waals surface area contributed by atoms with Gasteiger partial charge in [0.05, 0.1) is 12.5 Å². The number of imide groups is 1. The highest BCUT2D eigenvalue weighted by Gasteiger charge is 2.54. The van der Waals surface area contributed by atoms with Crippen LogP contribution in [0.1, 0.15) is 33.5 Å². The minimum absolute atomic E-state index is 0.153. The summed E-state index contributed by atoms with van der Waals surface area (Å²) >= 11 is 0. The minimum atomic E-state index is -0.727. The molecule has 2 fully saturated rings. The second-order valence-electron chi connectivity index (χ2n) is 11.9. The molecule has 1 aromatic heterocycles. The Morgan fingerprint density at radius 2 is 1.67 bits per heavy atom. The fraction of sp³-hybridized carbons (Fsp3) is 0.265. The van der Waals surface area contributed by atoms with Crippen LogP contribution in [0.2, 0.25) is 0 Å². The Morgan fingerprint density at radius 1 is 1.00 bits per heavy atom. The standard InChI is InChI=1S/C34H32FN5O6/c1-18-21(20-11-26(35)25(28(12-20)46-4)15-40-16-34(17-40)13-29(41)38-32(34)44)7-5-8-22(18)23-9-6-10-27(19(23)2)37-30(42)24-14-36-33(45)39(3)31(24)43/h5-12,14H,13,15-17H2,1-4H3,(H,36,45)(H,37,42)(H,38,41,44). The van der Waals surface area contributed by atoms with E-state index < -0.39 is 28.4 Å². The number of methoxy groups -OCH3 is 1. The average molecular weight is 626 g/mol. The number of benzene rings is 3. The van der Waals surface area contributed by atoms with E-state index in [1.165, 1.54) is 20.2 Å². The number of halogens is 1. The van der Waals surface area contributed by atoms with E-state index in [0.29, 0.717) is 35.7 Å². The van der Waals surface area contributed by atoms with Crippen molar-refractivity contribution in [3.8, 4) is 28.0 Å². The molecule has 0 saturated carbocycles. The van der Waals surface area contributed by atoms with Crippen molar-refractivity contribution in [3.63, 3.8) is 0 Å². The first kappa shape index (κ1) is 30.7. The Balaban J connectivity index is 1.27. The first-order valence-corrected chi connectivity index (χ1v) is 14.7. The molecule has 0 bridgehead atoms. The summed E-state index contributed by atoms with van der Waals surface area (Å²) in [7, 11) is 2.77. The summed E-state index contributed by atoms with van der Waals surface area (Å²) in [6.45, 7) is 4.77. The number of amides is 3. The highest BCUT2D eigenvalue weighted by molar-refractivity contribution is 6.07. The Morgan fingerprint density at radius 3 is 2.35 bits per heavy atom. The fourth-order valence-electron chi connectivity index (χ4n) is 6.41. The largest absolute Gasteiger partial charge is 0.496 e. The van der Waals surface area contributed by atoms with Gasteiger partial charge in [0.25, 0.3) is 11.5 Å². The normalized spacial score (nSPS) is 15.5. The molecule has 0 aliphatic carbocycles. The number of anilines is 1. The molecule has 1 spiro atoms. The molecule has 0 atom stereocenters. The molecule has 2 aliphatic rings. The molecule has 3 N–H and O–H groups in total. The molecule has 3 heterocycles. The van der Waals surface area contributed by atoms with E-state index in [4.69, 9.17) is 4.74 Å². The summed E-state index contributed by atoms with van der Waals surface area (Å²) in [5, 5.41) is 5.14. The van der Waals surface area contributed by atoms with Gasteiger partial charge in [0.1, 0.15) is 17.1 Å². The minimum Gasteiger partial charge on any atom is -0.496 e. The van der Waals surface area contributed by atoms with Crippen LogP contribution in [0, 0.1) is 25.1 Å². The van der Waals surface area contributed by atoms with Gasteiger partial charge in [-0.1, -0.05) is 30.3 Å². The number of hydrogen-bond acceptors (Lipinski definition) is 7. The number of carbonyl (C=O) groups excluding carboxylic acids is 3. The van der Waals surface area contributed by atoms with Crippen LogP contribution in [0.5, 0.6) is 5.75 Å². The summed E-state index contributed by atoms with van der Waals surface area (Å²) in [4.78, 5) is 65.4. The highest BCUT2D eigenvalue weighted by atomic mass is 19.1. The van der Waals surface area contributed by atoms with E-state index >= 15 is 4.39 Å². The predicted molar refractivity (Wildman–Crippen MR) is 169 cm³/mol. The first-order chi connectivity index (χ1) is 21.9. The van der Waals surface area contributed by atoms with Crippen LogP contribution in [0.25, 0.3) is 22.3 Å². The van der Waals surface area contributed by atoms with E-state index in [9.17, 15) is 24.0 Å². The first-order valence-electron chi connectivity index (χ1n) is 14.7. The number of H-pyrrole nitrogens is 1. The molecule has 3 amide bonds. The summed E-state index contributed by atoms with van der Waals surface area (Å²) in [6, 6.07) is 14.4. The second kappa shape index (κ2) is 11.5. The van der Waals surface area contributed by atoms with E-state index in [2.05, 4.69) is 15.6 Å². The van der Waals surface area contributed by atoms with Gasteiger partial charge >= 0.3 is 5.69 Å². The maximum Gasteiger partial charge on any atom is 0.328 e.